The lowest BCUT2D eigenvalue weighted by molar-refractivity contribution is -0.144. The summed E-state index contributed by atoms with van der Waals surface area (Å²) in [6.07, 6.45) is 4.08. The number of amides is 1. The van der Waals surface area contributed by atoms with E-state index in [2.05, 4.69) is 5.32 Å². The molecule has 0 bridgehead atoms. The standard InChI is InChI=1S/C14H25NO4/c1-3-7-14(2,19)9-15-12(16)10-5-4-6-11(8-10)13(17)18/h10-11,19H,3-9H2,1-2H3,(H,15,16)(H,17,18). The minimum atomic E-state index is -0.884. The number of carboxylic acids is 1. The fourth-order valence-corrected chi connectivity index (χ4v) is 2.70. The van der Waals surface area contributed by atoms with Gasteiger partial charge >= 0.3 is 5.97 Å². The van der Waals surface area contributed by atoms with Gasteiger partial charge < -0.3 is 15.5 Å². The molecule has 3 unspecified atom stereocenters. The lowest BCUT2D eigenvalue weighted by atomic mass is 9.81. The Morgan fingerprint density at radius 2 is 1.95 bits per heavy atom. The van der Waals surface area contributed by atoms with Crippen LogP contribution in [0.15, 0.2) is 0 Å². The average Bonchev–Trinajstić information content (AvgIpc) is 2.36. The van der Waals surface area contributed by atoms with Crippen LogP contribution in [0.2, 0.25) is 0 Å². The normalized spacial score (nSPS) is 26.5. The first-order valence-electron chi connectivity index (χ1n) is 7.08. The summed E-state index contributed by atoms with van der Waals surface area (Å²) in [5.41, 5.74) is -0.884. The van der Waals surface area contributed by atoms with Crippen molar-refractivity contribution in [2.24, 2.45) is 11.8 Å². The summed E-state index contributed by atoms with van der Waals surface area (Å²) in [5.74, 6) is -1.56. The van der Waals surface area contributed by atoms with Gasteiger partial charge in [-0.05, 0) is 32.6 Å². The van der Waals surface area contributed by atoms with E-state index >= 15 is 0 Å². The molecule has 0 saturated heterocycles. The van der Waals surface area contributed by atoms with Crippen molar-refractivity contribution in [3.8, 4) is 0 Å². The smallest absolute Gasteiger partial charge is 0.306 e. The molecule has 110 valence electrons. The summed E-state index contributed by atoms with van der Waals surface area (Å²) >= 11 is 0. The Labute approximate surface area is 114 Å². The highest BCUT2D eigenvalue weighted by atomic mass is 16.4. The molecule has 0 aliphatic heterocycles. The first kappa shape index (κ1) is 16.0. The van der Waals surface area contributed by atoms with Crippen LogP contribution in [0.4, 0.5) is 0 Å². The predicted octanol–water partition coefficient (Wildman–Crippen LogP) is 1.54. The van der Waals surface area contributed by atoms with Gasteiger partial charge in [-0.1, -0.05) is 19.8 Å². The molecule has 19 heavy (non-hydrogen) atoms. The number of carbonyl (C=O) groups is 2. The van der Waals surface area contributed by atoms with E-state index in [0.29, 0.717) is 19.3 Å². The monoisotopic (exact) mass is 271 g/mol. The molecule has 0 aromatic heterocycles. The molecule has 1 aliphatic carbocycles. The van der Waals surface area contributed by atoms with Gasteiger partial charge in [0.25, 0.3) is 0 Å². The van der Waals surface area contributed by atoms with Crippen molar-refractivity contribution in [3.63, 3.8) is 0 Å². The average molecular weight is 271 g/mol. The molecule has 5 heteroatoms. The van der Waals surface area contributed by atoms with Gasteiger partial charge in [0.15, 0.2) is 0 Å². The highest BCUT2D eigenvalue weighted by Gasteiger charge is 2.31. The van der Waals surface area contributed by atoms with Crippen LogP contribution in [0.1, 0.15) is 52.4 Å². The van der Waals surface area contributed by atoms with Crippen molar-refractivity contribution >= 4 is 11.9 Å². The molecule has 1 fully saturated rings. The van der Waals surface area contributed by atoms with E-state index in [1.165, 1.54) is 0 Å². The molecule has 0 aromatic carbocycles. The van der Waals surface area contributed by atoms with E-state index in [4.69, 9.17) is 5.11 Å². The Kier molecular flexibility index (Phi) is 5.79. The molecule has 5 nitrogen and oxygen atoms in total. The number of aliphatic carboxylic acids is 1. The molecule has 0 heterocycles. The van der Waals surface area contributed by atoms with Crippen molar-refractivity contribution in [1.82, 2.24) is 5.32 Å². The van der Waals surface area contributed by atoms with Crippen molar-refractivity contribution in [3.05, 3.63) is 0 Å². The van der Waals surface area contributed by atoms with E-state index in [-0.39, 0.29) is 18.4 Å². The van der Waals surface area contributed by atoms with E-state index in [1.807, 2.05) is 6.92 Å². The maximum atomic E-state index is 12.0. The second-order valence-corrected chi connectivity index (χ2v) is 5.86. The van der Waals surface area contributed by atoms with Crippen molar-refractivity contribution in [2.75, 3.05) is 6.54 Å². The van der Waals surface area contributed by atoms with Crippen LogP contribution in [0.25, 0.3) is 0 Å². The van der Waals surface area contributed by atoms with Gasteiger partial charge in [0.1, 0.15) is 0 Å². The van der Waals surface area contributed by atoms with Gasteiger partial charge in [-0.2, -0.15) is 0 Å². The van der Waals surface area contributed by atoms with Gasteiger partial charge in [-0.25, -0.2) is 0 Å². The van der Waals surface area contributed by atoms with Crippen LogP contribution in [-0.2, 0) is 9.59 Å². The lowest BCUT2D eigenvalue weighted by Crippen LogP contribution is -2.43. The maximum absolute atomic E-state index is 12.0. The molecule has 1 saturated carbocycles. The summed E-state index contributed by atoms with van der Waals surface area (Å²) in [6, 6.07) is 0. The lowest BCUT2D eigenvalue weighted by Gasteiger charge is -2.28. The largest absolute Gasteiger partial charge is 0.481 e. The molecule has 3 atom stereocenters. The molecule has 0 radical (unpaired) electrons. The molecule has 3 N–H and O–H groups in total. The molecule has 0 spiro atoms. The van der Waals surface area contributed by atoms with Crippen LogP contribution < -0.4 is 5.32 Å². The van der Waals surface area contributed by atoms with Crippen molar-refractivity contribution in [1.29, 1.82) is 0 Å². The quantitative estimate of drug-likeness (QED) is 0.684. The number of hydrogen-bond donors (Lipinski definition) is 3. The van der Waals surface area contributed by atoms with Crippen LogP contribution in [-0.4, -0.2) is 34.2 Å². The topological polar surface area (TPSA) is 86.6 Å². The zero-order chi connectivity index (χ0) is 14.5. The Morgan fingerprint density at radius 3 is 2.53 bits per heavy atom. The van der Waals surface area contributed by atoms with Gasteiger partial charge in [0.2, 0.25) is 5.91 Å². The number of nitrogens with one attached hydrogen (secondary N) is 1. The maximum Gasteiger partial charge on any atom is 0.306 e. The minimum absolute atomic E-state index is 0.123. The first-order chi connectivity index (χ1) is 8.85. The van der Waals surface area contributed by atoms with Gasteiger partial charge in [0.05, 0.1) is 11.5 Å². The highest BCUT2D eigenvalue weighted by Crippen LogP contribution is 2.29. The summed E-state index contributed by atoms with van der Waals surface area (Å²) in [7, 11) is 0. The zero-order valence-corrected chi connectivity index (χ0v) is 11.8. The molecular weight excluding hydrogens is 246 g/mol. The van der Waals surface area contributed by atoms with Crippen molar-refractivity contribution in [2.45, 2.75) is 58.0 Å². The number of carbonyl (C=O) groups excluding carboxylic acids is 1. The van der Waals surface area contributed by atoms with Crippen LogP contribution in [0, 0.1) is 11.8 Å². The first-order valence-corrected chi connectivity index (χ1v) is 7.08. The fraction of sp³-hybridized carbons (Fsp3) is 0.857. The third-order valence-electron chi connectivity index (χ3n) is 3.83. The molecule has 1 amide bonds. The van der Waals surface area contributed by atoms with E-state index < -0.39 is 17.5 Å². The second kappa shape index (κ2) is 6.89. The predicted molar refractivity (Wildman–Crippen MR) is 71.6 cm³/mol. The van der Waals surface area contributed by atoms with Crippen molar-refractivity contribution < 1.29 is 19.8 Å². The number of hydrogen-bond acceptors (Lipinski definition) is 3. The molecule has 1 rings (SSSR count). The van der Waals surface area contributed by atoms with Crippen LogP contribution in [0.3, 0.4) is 0 Å². The molecule has 1 aliphatic rings. The fourth-order valence-electron chi connectivity index (χ4n) is 2.70. The summed E-state index contributed by atoms with van der Waals surface area (Å²) in [5, 5.41) is 21.7. The van der Waals surface area contributed by atoms with Crippen LogP contribution in [0.5, 0.6) is 0 Å². The number of rotatable bonds is 6. The Bertz CT molecular complexity index is 327. The summed E-state index contributed by atoms with van der Waals surface area (Å²) in [6.45, 7) is 3.92. The van der Waals surface area contributed by atoms with Gasteiger partial charge in [-0.3, -0.25) is 9.59 Å². The summed E-state index contributed by atoms with van der Waals surface area (Å²) in [4.78, 5) is 23.0. The van der Waals surface area contributed by atoms with E-state index in [9.17, 15) is 14.7 Å². The highest BCUT2D eigenvalue weighted by molar-refractivity contribution is 5.80. The third-order valence-corrected chi connectivity index (χ3v) is 3.83. The van der Waals surface area contributed by atoms with Crippen LogP contribution >= 0.6 is 0 Å². The Morgan fingerprint density at radius 1 is 1.32 bits per heavy atom. The van der Waals surface area contributed by atoms with Gasteiger partial charge in [-0.15, -0.1) is 0 Å². The molecular formula is C14H25NO4. The second-order valence-electron chi connectivity index (χ2n) is 5.86. The minimum Gasteiger partial charge on any atom is -0.481 e. The summed E-state index contributed by atoms with van der Waals surface area (Å²) < 4.78 is 0. The Balaban J connectivity index is 2.43. The van der Waals surface area contributed by atoms with E-state index in [1.54, 1.807) is 6.92 Å². The third kappa shape index (κ3) is 5.19. The zero-order valence-electron chi connectivity index (χ0n) is 11.8. The SMILES string of the molecule is CCCC(C)(O)CNC(=O)C1CCCC(C(=O)O)C1. The van der Waals surface area contributed by atoms with Gasteiger partial charge in [0, 0.05) is 12.5 Å². The van der Waals surface area contributed by atoms with E-state index in [0.717, 1.165) is 19.3 Å². The Hall–Kier alpha value is -1.10. The number of carboxylic acid groups (broad SMARTS) is 1. The number of aliphatic hydroxyl groups is 1. The molecule has 0 aromatic rings.